The van der Waals surface area contributed by atoms with Crippen molar-refractivity contribution in [2.24, 2.45) is 5.10 Å². The Labute approximate surface area is 249 Å². The van der Waals surface area contributed by atoms with Gasteiger partial charge in [-0.3, -0.25) is 4.79 Å². The monoisotopic (exact) mass is 623 g/mol. The summed E-state index contributed by atoms with van der Waals surface area (Å²) in [6, 6.07) is 26.2. The molecular weight excluding hydrogens is 598 g/mol. The first kappa shape index (κ1) is 27.3. The summed E-state index contributed by atoms with van der Waals surface area (Å²) in [5, 5.41) is 5.82. The molecule has 6 rings (SSSR count). The van der Waals surface area contributed by atoms with Gasteiger partial charge in [-0.2, -0.15) is 9.78 Å². The lowest BCUT2D eigenvalue weighted by Gasteiger charge is -2.14. The van der Waals surface area contributed by atoms with Crippen molar-refractivity contribution in [3.63, 3.8) is 0 Å². The number of nitrogens with zero attached hydrogens (tertiary/aromatic N) is 3. The third kappa shape index (κ3) is 5.26. The first-order valence-corrected chi connectivity index (χ1v) is 13.9. The molecule has 4 aromatic carbocycles. The Morgan fingerprint density at radius 2 is 1.74 bits per heavy atom. The summed E-state index contributed by atoms with van der Waals surface area (Å²) in [6.45, 7) is 2.36. The van der Waals surface area contributed by atoms with Gasteiger partial charge in [0.1, 0.15) is 17.9 Å². The summed E-state index contributed by atoms with van der Waals surface area (Å²) in [5.41, 5.74) is 3.54. The Balaban J connectivity index is 1.49. The van der Waals surface area contributed by atoms with Crippen molar-refractivity contribution in [2.45, 2.75) is 13.5 Å². The molecule has 9 heteroatoms. The van der Waals surface area contributed by atoms with Gasteiger partial charge in [-0.25, -0.2) is 4.98 Å². The topological polar surface area (TPSA) is 88.1 Å². The molecule has 0 fully saturated rings. The van der Waals surface area contributed by atoms with E-state index < -0.39 is 0 Å². The quantitative estimate of drug-likeness (QED) is 0.165. The second-order valence-electron chi connectivity index (χ2n) is 9.60. The molecule has 0 saturated heterocycles. The number of benzene rings is 4. The fourth-order valence-corrected chi connectivity index (χ4v) is 5.24. The van der Waals surface area contributed by atoms with Crippen molar-refractivity contribution in [2.75, 3.05) is 14.2 Å². The molecule has 6 aromatic rings. The van der Waals surface area contributed by atoms with Gasteiger partial charge in [0, 0.05) is 10.0 Å². The number of ether oxygens (including phenoxy) is 3. The van der Waals surface area contributed by atoms with Crippen molar-refractivity contribution in [1.29, 1.82) is 0 Å². The van der Waals surface area contributed by atoms with Crippen LogP contribution in [0.2, 0.25) is 0 Å². The van der Waals surface area contributed by atoms with Crippen molar-refractivity contribution in [3.8, 4) is 28.8 Å². The third-order valence-corrected chi connectivity index (χ3v) is 7.22. The van der Waals surface area contributed by atoms with Gasteiger partial charge in [0.05, 0.1) is 36.7 Å². The highest BCUT2D eigenvalue weighted by atomic mass is 79.9. The summed E-state index contributed by atoms with van der Waals surface area (Å²) in [5.74, 6) is 2.28. The molecule has 0 aliphatic carbocycles. The van der Waals surface area contributed by atoms with Crippen LogP contribution in [0.4, 0.5) is 0 Å². The van der Waals surface area contributed by atoms with Crippen LogP contribution in [-0.2, 0) is 6.61 Å². The number of fused-ring (bicyclic) bond motifs is 2. The van der Waals surface area contributed by atoms with Gasteiger partial charge in [0.2, 0.25) is 5.82 Å². The number of furan rings is 1. The largest absolute Gasteiger partial charge is 0.496 e. The van der Waals surface area contributed by atoms with E-state index in [1.807, 2.05) is 61.5 Å². The van der Waals surface area contributed by atoms with Gasteiger partial charge < -0.3 is 18.6 Å². The van der Waals surface area contributed by atoms with E-state index in [9.17, 15) is 4.79 Å². The Morgan fingerprint density at radius 3 is 2.55 bits per heavy atom. The van der Waals surface area contributed by atoms with E-state index in [4.69, 9.17) is 23.6 Å². The molecule has 2 heterocycles. The van der Waals surface area contributed by atoms with Gasteiger partial charge in [0.15, 0.2) is 17.3 Å². The fourth-order valence-electron chi connectivity index (χ4n) is 4.78. The number of aryl methyl sites for hydroxylation is 1. The highest BCUT2D eigenvalue weighted by Crippen LogP contribution is 2.35. The van der Waals surface area contributed by atoms with Gasteiger partial charge in [0.25, 0.3) is 5.56 Å². The molecule has 0 aliphatic heterocycles. The zero-order valence-corrected chi connectivity index (χ0v) is 24.7. The molecular formula is C33H26BrN3O5. The average molecular weight is 624 g/mol. The van der Waals surface area contributed by atoms with Crippen LogP contribution >= 0.6 is 15.9 Å². The SMILES string of the molecule is COc1cc(Br)cc(C=Nn2c(-c3cc4c(OC)cccc4o3)nc3ccccc3c2=O)c1OCc1cccc(C)c1. The molecule has 8 nitrogen and oxygen atoms in total. The van der Waals surface area contributed by atoms with E-state index in [1.165, 1.54) is 4.68 Å². The van der Waals surface area contributed by atoms with E-state index in [0.29, 0.717) is 51.7 Å². The number of hydrogen-bond donors (Lipinski definition) is 0. The van der Waals surface area contributed by atoms with Gasteiger partial charge in [-0.15, -0.1) is 0 Å². The van der Waals surface area contributed by atoms with Gasteiger partial charge in [-0.05, 0) is 55.0 Å². The molecule has 0 atom stereocenters. The van der Waals surface area contributed by atoms with E-state index in [1.54, 1.807) is 44.7 Å². The van der Waals surface area contributed by atoms with Crippen LogP contribution in [-0.4, -0.2) is 30.1 Å². The van der Waals surface area contributed by atoms with Crippen molar-refractivity contribution < 1.29 is 18.6 Å². The Bertz CT molecular complexity index is 2030. The second-order valence-corrected chi connectivity index (χ2v) is 10.5. The maximum Gasteiger partial charge on any atom is 0.282 e. The number of aromatic nitrogens is 2. The zero-order valence-electron chi connectivity index (χ0n) is 23.1. The van der Waals surface area contributed by atoms with Crippen LogP contribution in [0, 0.1) is 6.92 Å². The minimum absolute atomic E-state index is 0.248. The molecule has 2 aromatic heterocycles. The standard InChI is InChI=1S/C33H26BrN3O5/c1-20-8-6-9-21(14-20)19-41-31-22(15-23(34)16-29(31)40-3)18-35-37-32(36-26-11-5-4-10-24(26)33(37)38)30-17-25-27(39-2)12-7-13-28(25)42-30/h4-18H,19H2,1-3H3. The molecule has 210 valence electrons. The molecule has 0 unspecified atom stereocenters. The smallest absolute Gasteiger partial charge is 0.282 e. The second kappa shape index (κ2) is 11.5. The van der Waals surface area contributed by atoms with Crippen LogP contribution in [0.15, 0.2) is 104 Å². The van der Waals surface area contributed by atoms with E-state index in [0.717, 1.165) is 21.0 Å². The van der Waals surface area contributed by atoms with Crippen LogP contribution in [0.1, 0.15) is 16.7 Å². The number of halogens is 1. The maximum absolute atomic E-state index is 13.8. The lowest BCUT2D eigenvalue weighted by Crippen LogP contribution is -2.20. The predicted octanol–water partition coefficient (Wildman–Crippen LogP) is 7.36. The summed E-state index contributed by atoms with van der Waals surface area (Å²) in [6.07, 6.45) is 1.56. The number of hydrogen-bond acceptors (Lipinski definition) is 7. The van der Waals surface area contributed by atoms with Crippen molar-refractivity contribution >= 4 is 44.0 Å². The molecule has 0 spiro atoms. The first-order valence-electron chi connectivity index (χ1n) is 13.1. The Kier molecular flexibility index (Phi) is 7.50. The number of rotatable bonds is 8. The molecule has 0 radical (unpaired) electrons. The van der Waals surface area contributed by atoms with Crippen molar-refractivity contribution in [3.05, 3.63) is 116 Å². The summed E-state index contributed by atoms with van der Waals surface area (Å²) in [7, 11) is 3.18. The summed E-state index contributed by atoms with van der Waals surface area (Å²) >= 11 is 3.55. The van der Waals surface area contributed by atoms with E-state index >= 15 is 0 Å². The fraction of sp³-hybridized carbons (Fsp3) is 0.121. The molecule has 0 N–H and O–H groups in total. The van der Waals surface area contributed by atoms with Crippen LogP contribution < -0.4 is 19.8 Å². The molecule has 0 bridgehead atoms. The Morgan fingerprint density at radius 1 is 0.929 bits per heavy atom. The molecule has 0 saturated carbocycles. The average Bonchev–Trinajstić information content (AvgIpc) is 3.44. The number of para-hydroxylation sites is 1. The lowest BCUT2D eigenvalue weighted by molar-refractivity contribution is 0.284. The van der Waals surface area contributed by atoms with Crippen molar-refractivity contribution in [1.82, 2.24) is 9.66 Å². The zero-order chi connectivity index (χ0) is 29.2. The normalized spacial score (nSPS) is 11.4. The summed E-state index contributed by atoms with van der Waals surface area (Å²) < 4.78 is 25.5. The minimum Gasteiger partial charge on any atom is -0.496 e. The van der Waals surface area contributed by atoms with Gasteiger partial charge >= 0.3 is 0 Å². The van der Waals surface area contributed by atoms with E-state index in [-0.39, 0.29) is 11.4 Å². The van der Waals surface area contributed by atoms with Crippen LogP contribution in [0.5, 0.6) is 17.2 Å². The minimum atomic E-state index is -0.344. The Hall–Kier alpha value is -4.89. The highest BCUT2D eigenvalue weighted by molar-refractivity contribution is 9.10. The molecule has 42 heavy (non-hydrogen) atoms. The van der Waals surface area contributed by atoms with Crippen LogP contribution in [0.25, 0.3) is 33.5 Å². The highest BCUT2D eigenvalue weighted by Gasteiger charge is 2.19. The maximum atomic E-state index is 13.8. The third-order valence-electron chi connectivity index (χ3n) is 6.76. The number of methoxy groups -OCH3 is 2. The van der Waals surface area contributed by atoms with Gasteiger partial charge in [-0.1, -0.05) is 64.0 Å². The lowest BCUT2D eigenvalue weighted by atomic mass is 10.1. The first-order chi connectivity index (χ1) is 20.4. The molecule has 0 aliphatic rings. The van der Waals surface area contributed by atoms with Crippen LogP contribution in [0.3, 0.4) is 0 Å². The van der Waals surface area contributed by atoms with E-state index in [2.05, 4.69) is 27.1 Å². The predicted molar refractivity (Wildman–Crippen MR) is 167 cm³/mol. The summed E-state index contributed by atoms with van der Waals surface area (Å²) in [4.78, 5) is 18.6. The molecule has 0 amide bonds.